The highest BCUT2D eigenvalue weighted by Gasteiger charge is 2.17. The first-order valence-electron chi connectivity index (χ1n) is 13.5. The van der Waals surface area contributed by atoms with Crippen molar-refractivity contribution in [1.29, 1.82) is 0 Å². The number of aromatic carboxylic acids is 1. The second-order valence-corrected chi connectivity index (χ2v) is 11.2. The van der Waals surface area contributed by atoms with E-state index < -0.39 is 5.97 Å². The van der Waals surface area contributed by atoms with E-state index in [0.717, 1.165) is 58.4 Å². The molecule has 0 fully saturated rings. The summed E-state index contributed by atoms with van der Waals surface area (Å²) in [6.07, 6.45) is 2.58. The Morgan fingerprint density at radius 1 is 1.05 bits per heavy atom. The molecule has 6 nitrogen and oxygen atoms in total. The Hall–Kier alpha value is -3.58. The Kier molecular flexibility index (Phi) is 9.12. The Morgan fingerprint density at radius 3 is 2.44 bits per heavy atom. The number of aromatic nitrogens is 2. The number of carbonyl (C=O) groups is 2. The van der Waals surface area contributed by atoms with Gasteiger partial charge >= 0.3 is 5.97 Å². The predicted molar refractivity (Wildman–Crippen MR) is 160 cm³/mol. The quantitative estimate of drug-likeness (QED) is 0.185. The average Bonchev–Trinajstić information content (AvgIpc) is 3.24. The summed E-state index contributed by atoms with van der Waals surface area (Å²) in [6, 6.07) is 19.3. The fourth-order valence-electron chi connectivity index (χ4n) is 4.96. The molecule has 1 unspecified atom stereocenters. The van der Waals surface area contributed by atoms with Crippen molar-refractivity contribution in [2.45, 2.75) is 65.3 Å². The zero-order valence-electron chi connectivity index (χ0n) is 23.1. The van der Waals surface area contributed by atoms with Gasteiger partial charge in [0.15, 0.2) is 0 Å². The number of carboxylic acid groups (broad SMARTS) is 1. The average molecular weight is 544 g/mol. The number of hydrogen-bond acceptors (Lipinski definition) is 4. The lowest BCUT2D eigenvalue weighted by Crippen LogP contribution is -2.31. The van der Waals surface area contributed by atoms with Crippen LogP contribution in [0.3, 0.4) is 0 Å². The van der Waals surface area contributed by atoms with Gasteiger partial charge < -0.3 is 15.0 Å². The fraction of sp³-hybridized carbons (Fsp3) is 0.344. The van der Waals surface area contributed by atoms with Gasteiger partial charge in [-0.1, -0.05) is 69.3 Å². The fourth-order valence-corrected chi connectivity index (χ4v) is 5.47. The first-order chi connectivity index (χ1) is 18.7. The highest BCUT2D eigenvalue weighted by Crippen LogP contribution is 2.27. The minimum Gasteiger partial charge on any atom is -0.478 e. The lowest BCUT2D eigenvalue weighted by atomic mass is 9.98. The molecule has 2 N–H and O–H groups in total. The molecule has 0 aliphatic rings. The summed E-state index contributed by atoms with van der Waals surface area (Å²) >= 11 is 4.48. The van der Waals surface area contributed by atoms with Gasteiger partial charge in [-0.25, -0.2) is 9.78 Å². The molecule has 1 heterocycles. The summed E-state index contributed by atoms with van der Waals surface area (Å²) in [5.74, 6) is 0.457. The molecule has 0 bridgehead atoms. The molecule has 0 spiro atoms. The number of nitrogens with zero attached hydrogens (tertiary/aromatic N) is 2. The van der Waals surface area contributed by atoms with Crippen molar-refractivity contribution >= 4 is 35.5 Å². The van der Waals surface area contributed by atoms with Crippen molar-refractivity contribution in [3.8, 4) is 11.1 Å². The Balaban J connectivity index is 1.62. The van der Waals surface area contributed by atoms with Gasteiger partial charge in [0.1, 0.15) is 5.82 Å². The van der Waals surface area contributed by atoms with E-state index in [1.54, 1.807) is 12.1 Å². The van der Waals surface area contributed by atoms with Crippen molar-refractivity contribution in [3.05, 3.63) is 88.7 Å². The highest BCUT2D eigenvalue weighted by molar-refractivity contribution is 7.81. The molecule has 0 aliphatic heterocycles. The zero-order valence-corrected chi connectivity index (χ0v) is 24.0. The minimum absolute atomic E-state index is 0.0467. The second-order valence-electron chi connectivity index (χ2n) is 10.6. The number of hydrogen-bond donors (Lipinski definition) is 3. The van der Waals surface area contributed by atoms with Gasteiger partial charge in [-0.2, -0.15) is 12.6 Å². The molecule has 204 valence electrons. The van der Waals surface area contributed by atoms with E-state index in [4.69, 9.17) is 4.98 Å². The van der Waals surface area contributed by atoms with E-state index in [1.807, 2.05) is 36.4 Å². The molecule has 3 aromatic carbocycles. The first-order valence-corrected chi connectivity index (χ1v) is 14.1. The third-order valence-corrected chi connectivity index (χ3v) is 7.33. The van der Waals surface area contributed by atoms with Crippen LogP contribution in [0.15, 0.2) is 60.7 Å². The summed E-state index contributed by atoms with van der Waals surface area (Å²) in [4.78, 5) is 29.2. The van der Waals surface area contributed by atoms with Gasteiger partial charge in [0.25, 0.3) is 0 Å². The van der Waals surface area contributed by atoms with Crippen LogP contribution in [0.4, 0.5) is 0 Å². The summed E-state index contributed by atoms with van der Waals surface area (Å²) in [6.45, 7) is 9.48. The van der Waals surface area contributed by atoms with E-state index >= 15 is 0 Å². The molecule has 0 saturated carbocycles. The van der Waals surface area contributed by atoms with Gasteiger partial charge in [-0.15, -0.1) is 0 Å². The van der Waals surface area contributed by atoms with Crippen LogP contribution in [0.25, 0.3) is 22.2 Å². The Bertz CT molecular complexity index is 1470. The van der Waals surface area contributed by atoms with Crippen molar-refractivity contribution in [1.82, 2.24) is 14.9 Å². The molecular weight excluding hydrogens is 506 g/mol. The molecule has 1 amide bonds. The van der Waals surface area contributed by atoms with Crippen LogP contribution in [0.2, 0.25) is 0 Å². The maximum Gasteiger partial charge on any atom is 0.336 e. The van der Waals surface area contributed by atoms with E-state index in [9.17, 15) is 14.7 Å². The molecular formula is C32H37N3O3S. The number of thiol groups is 1. The molecule has 4 aromatic rings. The number of imidazole rings is 1. The van der Waals surface area contributed by atoms with Crippen molar-refractivity contribution in [3.63, 3.8) is 0 Å². The maximum absolute atomic E-state index is 12.5. The molecule has 0 radical (unpaired) electrons. The summed E-state index contributed by atoms with van der Waals surface area (Å²) in [5.41, 5.74) is 7.11. The largest absolute Gasteiger partial charge is 0.478 e. The van der Waals surface area contributed by atoms with Gasteiger partial charge in [-0.3, -0.25) is 4.79 Å². The highest BCUT2D eigenvalue weighted by atomic mass is 32.1. The third kappa shape index (κ3) is 6.71. The lowest BCUT2D eigenvalue weighted by molar-refractivity contribution is -0.120. The van der Waals surface area contributed by atoms with Crippen LogP contribution < -0.4 is 5.32 Å². The smallest absolute Gasteiger partial charge is 0.336 e. The van der Waals surface area contributed by atoms with Crippen molar-refractivity contribution in [2.75, 3.05) is 0 Å². The van der Waals surface area contributed by atoms with Gasteiger partial charge in [0.05, 0.1) is 21.8 Å². The SMILES string of the molecule is CCCc1nc2c(C)cc(CNC(=O)C(S)CC(C)C)cc2n1Cc1ccc(-c2ccccc2C(=O)O)cc1. The Labute approximate surface area is 235 Å². The van der Waals surface area contributed by atoms with Crippen LogP contribution >= 0.6 is 12.6 Å². The lowest BCUT2D eigenvalue weighted by Gasteiger charge is -2.14. The number of fused-ring (bicyclic) bond motifs is 1. The molecule has 0 saturated heterocycles. The van der Waals surface area contributed by atoms with E-state index in [0.29, 0.717) is 30.1 Å². The summed E-state index contributed by atoms with van der Waals surface area (Å²) in [5, 5.41) is 12.3. The number of carbonyl (C=O) groups excluding carboxylic acids is 1. The van der Waals surface area contributed by atoms with Crippen molar-refractivity contribution in [2.24, 2.45) is 5.92 Å². The molecule has 7 heteroatoms. The monoisotopic (exact) mass is 543 g/mol. The van der Waals surface area contributed by atoms with E-state index in [1.165, 1.54) is 0 Å². The number of benzene rings is 3. The molecule has 1 atom stereocenters. The number of amides is 1. The predicted octanol–water partition coefficient (Wildman–Crippen LogP) is 6.67. The van der Waals surface area contributed by atoms with E-state index in [-0.39, 0.29) is 11.2 Å². The normalized spacial score (nSPS) is 12.2. The topological polar surface area (TPSA) is 84.2 Å². The Morgan fingerprint density at radius 2 is 1.77 bits per heavy atom. The van der Waals surface area contributed by atoms with Crippen LogP contribution in [0.1, 0.15) is 66.5 Å². The summed E-state index contributed by atoms with van der Waals surface area (Å²) < 4.78 is 2.26. The first kappa shape index (κ1) is 28.4. The maximum atomic E-state index is 12.5. The minimum atomic E-state index is -0.934. The molecule has 39 heavy (non-hydrogen) atoms. The zero-order chi connectivity index (χ0) is 28.1. The molecule has 0 aliphatic carbocycles. The van der Waals surface area contributed by atoms with Crippen LogP contribution in [-0.4, -0.2) is 31.8 Å². The van der Waals surface area contributed by atoms with Gasteiger partial charge in [0.2, 0.25) is 5.91 Å². The number of nitrogens with one attached hydrogen (secondary N) is 1. The van der Waals surface area contributed by atoms with Crippen LogP contribution in [-0.2, 0) is 24.3 Å². The standard InChI is InChI=1S/C32H37N3O3S/c1-5-8-29-34-30-21(4)16-23(18-33-31(36)28(39)15-20(2)3)17-27(30)35(29)19-22-11-13-24(14-12-22)25-9-6-7-10-26(25)32(37)38/h6-7,9-14,16-17,20,28,39H,5,8,15,18-19H2,1-4H3,(H,33,36)(H,37,38). The number of aryl methyl sites for hydroxylation is 2. The molecule has 4 rings (SSSR count). The number of rotatable bonds is 11. The van der Waals surface area contributed by atoms with Gasteiger partial charge in [-0.05, 0) is 65.6 Å². The summed E-state index contributed by atoms with van der Waals surface area (Å²) in [7, 11) is 0. The van der Waals surface area contributed by atoms with Crippen molar-refractivity contribution < 1.29 is 14.7 Å². The van der Waals surface area contributed by atoms with Crippen LogP contribution in [0.5, 0.6) is 0 Å². The third-order valence-electron chi connectivity index (χ3n) is 6.88. The van der Waals surface area contributed by atoms with E-state index in [2.05, 4.69) is 62.3 Å². The number of carboxylic acids is 1. The second kappa shape index (κ2) is 12.5. The van der Waals surface area contributed by atoms with Gasteiger partial charge in [0, 0.05) is 19.5 Å². The van der Waals surface area contributed by atoms with Crippen LogP contribution in [0, 0.1) is 12.8 Å². The molecule has 1 aromatic heterocycles.